The van der Waals surface area contributed by atoms with Gasteiger partial charge in [0.15, 0.2) is 0 Å². The zero-order chi connectivity index (χ0) is 14.7. The van der Waals surface area contributed by atoms with Gasteiger partial charge in [-0.3, -0.25) is 4.79 Å². The molecule has 0 aliphatic heterocycles. The molecule has 0 fully saturated rings. The summed E-state index contributed by atoms with van der Waals surface area (Å²) >= 11 is 3.35. The minimum absolute atomic E-state index is 0.00224. The lowest BCUT2D eigenvalue weighted by atomic mass is 10.1. The number of benzene rings is 2. The van der Waals surface area contributed by atoms with E-state index >= 15 is 0 Å². The van der Waals surface area contributed by atoms with Gasteiger partial charge in [0, 0.05) is 5.69 Å². The van der Waals surface area contributed by atoms with Crippen LogP contribution in [0.1, 0.15) is 15.9 Å². The first-order chi connectivity index (χ1) is 9.52. The van der Waals surface area contributed by atoms with Gasteiger partial charge in [-0.2, -0.15) is 0 Å². The summed E-state index contributed by atoms with van der Waals surface area (Å²) in [5.41, 5.74) is 1.52. The highest BCUT2D eigenvalue weighted by atomic mass is 79.9. The number of carbonyl (C=O) groups is 1. The fourth-order valence-electron chi connectivity index (χ4n) is 1.78. The Morgan fingerprint density at radius 1 is 1.30 bits per heavy atom. The summed E-state index contributed by atoms with van der Waals surface area (Å²) in [4.78, 5) is 12.1. The summed E-state index contributed by atoms with van der Waals surface area (Å²) < 4.78 is 5.87. The number of amides is 1. The second-order valence-electron chi connectivity index (χ2n) is 4.27. The second-order valence-corrected chi connectivity index (χ2v) is 5.13. The fraction of sp³-hybridized carbons (Fsp3) is 0.133. The molecule has 0 unspecified atom stereocenters. The third-order valence-corrected chi connectivity index (χ3v) is 3.51. The van der Waals surface area contributed by atoms with E-state index in [1.165, 1.54) is 0 Å². The Kier molecular flexibility index (Phi) is 4.29. The van der Waals surface area contributed by atoms with Crippen LogP contribution >= 0.6 is 15.9 Å². The van der Waals surface area contributed by atoms with E-state index in [1.54, 1.807) is 50.4 Å². The SMILES string of the molecule is COc1ccc(NC(=O)c2cccc(C)c2O)cc1Br. The number of anilines is 1. The molecule has 2 N–H and O–H groups in total. The summed E-state index contributed by atoms with van der Waals surface area (Å²) in [5.74, 6) is 0.322. The van der Waals surface area contributed by atoms with Gasteiger partial charge < -0.3 is 15.2 Å². The van der Waals surface area contributed by atoms with Crippen molar-refractivity contribution in [2.75, 3.05) is 12.4 Å². The Morgan fingerprint density at radius 2 is 2.05 bits per heavy atom. The van der Waals surface area contributed by atoms with Gasteiger partial charge in [-0.25, -0.2) is 0 Å². The molecule has 0 atom stereocenters. The maximum atomic E-state index is 12.1. The maximum absolute atomic E-state index is 12.1. The van der Waals surface area contributed by atoms with Crippen molar-refractivity contribution in [2.45, 2.75) is 6.92 Å². The van der Waals surface area contributed by atoms with Crippen LogP contribution in [-0.4, -0.2) is 18.1 Å². The quantitative estimate of drug-likeness (QED) is 0.898. The topological polar surface area (TPSA) is 58.6 Å². The number of phenols is 1. The van der Waals surface area contributed by atoms with E-state index in [2.05, 4.69) is 21.2 Å². The van der Waals surface area contributed by atoms with Crippen molar-refractivity contribution in [1.82, 2.24) is 0 Å². The molecule has 0 aromatic heterocycles. The van der Waals surface area contributed by atoms with Gasteiger partial charge in [0.2, 0.25) is 0 Å². The number of aryl methyl sites for hydroxylation is 1. The Labute approximate surface area is 125 Å². The van der Waals surface area contributed by atoms with E-state index in [1.807, 2.05) is 0 Å². The third kappa shape index (κ3) is 2.93. The summed E-state index contributed by atoms with van der Waals surface area (Å²) in [6.07, 6.45) is 0. The van der Waals surface area contributed by atoms with Crippen molar-refractivity contribution in [2.24, 2.45) is 0 Å². The monoisotopic (exact) mass is 335 g/mol. The summed E-state index contributed by atoms with van der Waals surface area (Å²) in [5, 5.41) is 12.6. The van der Waals surface area contributed by atoms with Crippen molar-refractivity contribution < 1.29 is 14.6 Å². The van der Waals surface area contributed by atoms with Gasteiger partial charge in [0.25, 0.3) is 5.91 Å². The predicted octanol–water partition coefficient (Wildman–Crippen LogP) is 3.72. The Bertz CT molecular complexity index is 656. The van der Waals surface area contributed by atoms with E-state index in [0.717, 1.165) is 4.47 Å². The number of methoxy groups -OCH3 is 1. The molecular formula is C15H14BrNO3. The number of carbonyl (C=O) groups excluding carboxylic acids is 1. The van der Waals surface area contributed by atoms with Gasteiger partial charge in [-0.15, -0.1) is 0 Å². The lowest BCUT2D eigenvalue weighted by Gasteiger charge is -2.10. The molecule has 1 amide bonds. The molecule has 0 aliphatic carbocycles. The van der Waals surface area contributed by atoms with Crippen LogP contribution in [0.25, 0.3) is 0 Å². The first-order valence-electron chi connectivity index (χ1n) is 5.96. The van der Waals surface area contributed by atoms with Crippen LogP contribution in [0, 0.1) is 6.92 Å². The fourth-order valence-corrected chi connectivity index (χ4v) is 2.33. The summed E-state index contributed by atoms with van der Waals surface area (Å²) in [6.45, 7) is 1.75. The van der Waals surface area contributed by atoms with E-state index in [0.29, 0.717) is 17.0 Å². The zero-order valence-corrected chi connectivity index (χ0v) is 12.7. The lowest BCUT2D eigenvalue weighted by molar-refractivity contribution is 0.102. The highest BCUT2D eigenvalue weighted by Gasteiger charge is 2.13. The van der Waals surface area contributed by atoms with Crippen LogP contribution in [0.2, 0.25) is 0 Å². The average molecular weight is 336 g/mol. The molecule has 4 nitrogen and oxygen atoms in total. The van der Waals surface area contributed by atoms with Crippen LogP contribution < -0.4 is 10.1 Å². The molecule has 2 rings (SSSR count). The molecule has 2 aromatic rings. The van der Waals surface area contributed by atoms with Gasteiger partial charge in [-0.1, -0.05) is 12.1 Å². The number of para-hydroxylation sites is 1. The molecular weight excluding hydrogens is 322 g/mol. The van der Waals surface area contributed by atoms with Crippen LogP contribution in [0.3, 0.4) is 0 Å². The minimum Gasteiger partial charge on any atom is -0.507 e. The van der Waals surface area contributed by atoms with Gasteiger partial charge >= 0.3 is 0 Å². The van der Waals surface area contributed by atoms with Crippen LogP contribution in [0.15, 0.2) is 40.9 Å². The Balaban J connectivity index is 2.24. The van der Waals surface area contributed by atoms with Gasteiger partial charge in [0.1, 0.15) is 11.5 Å². The van der Waals surface area contributed by atoms with Crippen molar-refractivity contribution in [3.05, 3.63) is 52.0 Å². The standard InChI is InChI=1S/C15H14BrNO3/c1-9-4-3-5-11(14(9)18)15(19)17-10-6-7-13(20-2)12(16)8-10/h3-8,18H,1-2H3,(H,17,19). The van der Waals surface area contributed by atoms with Gasteiger partial charge in [0.05, 0.1) is 17.1 Å². The minimum atomic E-state index is -0.358. The molecule has 2 aromatic carbocycles. The first kappa shape index (κ1) is 14.4. The molecule has 0 radical (unpaired) electrons. The van der Waals surface area contributed by atoms with Crippen molar-refractivity contribution in [1.29, 1.82) is 0 Å². The van der Waals surface area contributed by atoms with E-state index < -0.39 is 0 Å². The largest absolute Gasteiger partial charge is 0.507 e. The van der Waals surface area contributed by atoms with E-state index in [4.69, 9.17) is 4.74 Å². The molecule has 0 aliphatic rings. The number of aromatic hydroxyl groups is 1. The molecule has 0 heterocycles. The summed E-state index contributed by atoms with van der Waals surface area (Å²) in [7, 11) is 1.57. The molecule has 0 bridgehead atoms. The maximum Gasteiger partial charge on any atom is 0.259 e. The number of halogens is 1. The molecule has 104 valence electrons. The highest BCUT2D eigenvalue weighted by Crippen LogP contribution is 2.28. The van der Waals surface area contributed by atoms with E-state index in [9.17, 15) is 9.90 Å². The number of nitrogens with one attached hydrogen (secondary N) is 1. The molecule has 0 spiro atoms. The Hall–Kier alpha value is -2.01. The van der Waals surface area contributed by atoms with Crippen molar-refractivity contribution >= 4 is 27.5 Å². The smallest absolute Gasteiger partial charge is 0.259 e. The van der Waals surface area contributed by atoms with E-state index in [-0.39, 0.29) is 17.2 Å². The van der Waals surface area contributed by atoms with Crippen molar-refractivity contribution in [3.8, 4) is 11.5 Å². The molecule has 20 heavy (non-hydrogen) atoms. The molecule has 0 saturated carbocycles. The van der Waals surface area contributed by atoms with Crippen molar-refractivity contribution in [3.63, 3.8) is 0 Å². The third-order valence-electron chi connectivity index (χ3n) is 2.89. The molecule has 5 heteroatoms. The van der Waals surface area contributed by atoms with Crippen LogP contribution in [0.4, 0.5) is 5.69 Å². The average Bonchev–Trinajstić information content (AvgIpc) is 2.42. The number of hydrogen-bond donors (Lipinski definition) is 2. The Morgan fingerprint density at radius 3 is 2.70 bits per heavy atom. The molecule has 0 saturated heterocycles. The highest BCUT2D eigenvalue weighted by molar-refractivity contribution is 9.10. The van der Waals surface area contributed by atoms with Gasteiger partial charge in [-0.05, 0) is 52.7 Å². The number of hydrogen-bond acceptors (Lipinski definition) is 3. The normalized spacial score (nSPS) is 10.2. The lowest BCUT2D eigenvalue weighted by Crippen LogP contribution is -2.12. The first-order valence-corrected chi connectivity index (χ1v) is 6.75. The number of rotatable bonds is 3. The van der Waals surface area contributed by atoms with Crippen LogP contribution in [-0.2, 0) is 0 Å². The predicted molar refractivity (Wildman–Crippen MR) is 81.5 cm³/mol. The number of ether oxygens (including phenoxy) is 1. The second kappa shape index (κ2) is 5.96. The van der Waals surface area contributed by atoms with Crippen LogP contribution in [0.5, 0.6) is 11.5 Å². The number of phenolic OH excluding ortho intramolecular Hbond substituents is 1. The zero-order valence-electron chi connectivity index (χ0n) is 11.1. The summed E-state index contributed by atoms with van der Waals surface area (Å²) in [6, 6.07) is 10.3.